The predicted molar refractivity (Wildman–Crippen MR) is 102 cm³/mol. The zero-order valence-electron chi connectivity index (χ0n) is 15.5. The van der Waals surface area contributed by atoms with Crippen LogP contribution in [0.3, 0.4) is 0 Å². The van der Waals surface area contributed by atoms with E-state index in [1.165, 1.54) is 42.2 Å². The van der Waals surface area contributed by atoms with Crippen molar-refractivity contribution in [1.82, 2.24) is 19.8 Å². The second-order valence-corrected chi connectivity index (χ2v) is 6.91. The van der Waals surface area contributed by atoms with Gasteiger partial charge in [-0.05, 0) is 29.1 Å². The number of hydroxylamine groups is 1. The molecule has 0 amide bonds. The van der Waals surface area contributed by atoms with E-state index in [0.29, 0.717) is 10.6 Å². The summed E-state index contributed by atoms with van der Waals surface area (Å²) in [5.74, 6) is 0. The third kappa shape index (κ3) is 4.35. The summed E-state index contributed by atoms with van der Waals surface area (Å²) in [6.45, 7) is 3.74. The van der Waals surface area contributed by atoms with Gasteiger partial charge in [0, 0.05) is 7.05 Å². The van der Waals surface area contributed by atoms with Crippen LogP contribution in [0.4, 0.5) is 13.2 Å². The number of methoxy groups -OCH3 is 1. The number of nitrogens with zero attached hydrogens (tertiary/aromatic N) is 3. The van der Waals surface area contributed by atoms with Crippen molar-refractivity contribution < 1.29 is 22.7 Å². The number of thiophene rings is 1. The molecule has 0 spiro atoms. The average molecular weight is 426 g/mol. The molecule has 3 aromatic rings. The van der Waals surface area contributed by atoms with E-state index in [4.69, 9.17) is 9.57 Å². The van der Waals surface area contributed by atoms with Gasteiger partial charge in [0.15, 0.2) is 0 Å². The van der Waals surface area contributed by atoms with E-state index in [1.807, 2.05) is 0 Å². The first-order valence-electron chi connectivity index (χ1n) is 8.23. The fourth-order valence-electron chi connectivity index (χ4n) is 2.55. The van der Waals surface area contributed by atoms with Gasteiger partial charge in [0.2, 0.25) is 0 Å². The molecule has 3 rings (SSSR count). The number of nitrogens with one attached hydrogen (secondary N) is 1. The molecule has 7 nitrogen and oxygen atoms in total. The number of halogens is 3. The van der Waals surface area contributed by atoms with Crippen molar-refractivity contribution in [1.29, 1.82) is 0 Å². The molecule has 0 aliphatic heterocycles. The number of hydrogen-bond donors (Lipinski definition) is 1. The number of aromatic nitrogens is 3. The fourth-order valence-corrected chi connectivity index (χ4v) is 3.32. The Kier molecular flexibility index (Phi) is 5.80. The third-order valence-electron chi connectivity index (χ3n) is 3.98. The van der Waals surface area contributed by atoms with Gasteiger partial charge in [-0.1, -0.05) is 18.7 Å². The number of hydrogen-bond acceptors (Lipinski definition) is 6. The van der Waals surface area contributed by atoms with Gasteiger partial charge in [0.1, 0.15) is 6.61 Å². The van der Waals surface area contributed by atoms with E-state index in [2.05, 4.69) is 17.2 Å². The Morgan fingerprint density at radius 2 is 2.10 bits per heavy atom. The van der Waals surface area contributed by atoms with E-state index in [-0.39, 0.29) is 29.6 Å². The number of benzene rings is 1. The van der Waals surface area contributed by atoms with Crippen LogP contribution in [0.1, 0.15) is 16.0 Å². The highest BCUT2D eigenvalue weighted by molar-refractivity contribution is 7.10. The molecule has 0 radical (unpaired) electrons. The first kappa shape index (κ1) is 20.7. The monoisotopic (exact) mass is 426 g/mol. The molecule has 11 heteroatoms. The normalized spacial score (nSPS) is 11.5. The maximum atomic E-state index is 12.8. The summed E-state index contributed by atoms with van der Waals surface area (Å²) in [7, 11) is 2.91. The van der Waals surface area contributed by atoms with Crippen molar-refractivity contribution in [2.45, 2.75) is 12.8 Å². The molecule has 0 fully saturated rings. The van der Waals surface area contributed by atoms with Gasteiger partial charge in [-0.2, -0.15) is 13.2 Å². The molecular weight excluding hydrogens is 409 g/mol. The van der Waals surface area contributed by atoms with E-state index in [1.54, 1.807) is 11.4 Å². The summed E-state index contributed by atoms with van der Waals surface area (Å²) >= 11 is 1.34. The number of alkyl halides is 3. The predicted octanol–water partition coefficient (Wildman–Crippen LogP) is 3.35. The van der Waals surface area contributed by atoms with E-state index < -0.39 is 11.7 Å². The Labute approximate surface area is 167 Å². The molecule has 1 aromatic carbocycles. The van der Waals surface area contributed by atoms with Crippen molar-refractivity contribution >= 4 is 17.0 Å². The molecule has 154 valence electrons. The van der Waals surface area contributed by atoms with Crippen LogP contribution in [0.15, 0.2) is 47.1 Å². The highest BCUT2D eigenvalue weighted by atomic mass is 32.1. The molecule has 0 atom stereocenters. The molecule has 1 N–H and O–H groups in total. The summed E-state index contributed by atoms with van der Waals surface area (Å²) in [6, 6.07) is 6.59. The van der Waals surface area contributed by atoms with Gasteiger partial charge < -0.3 is 4.74 Å². The van der Waals surface area contributed by atoms with Crippen LogP contribution < -0.4 is 15.9 Å². The second-order valence-electron chi connectivity index (χ2n) is 5.91. The average Bonchev–Trinajstić information content (AvgIpc) is 3.25. The van der Waals surface area contributed by atoms with Gasteiger partial charge in [-0.3, -0.25) is 10.3 Å². The van der Waals surface area contributed by atoms with Crippen LogP contribution in [0.5, 0.6) is 6.01 Å². The Bertz CT molecular complexity index is 1080. The zero-order chi connectivity index (χ0) is 21.2. The second kappa shape index (κ2) is 8.13. The highest BCUT2D eigenvalue weighted by Gasteiger charge is 2.30. The Hall–Kier alpha value is -3.05. The molecule has 0 bridgehead atoms. The van der Waals surface area contributed by atoms with Gasteiger partial charge in [-0.25, -0.2) is 14.0 Å². The van der Waals surface area contributed by atoms with Crippen LogP contribution >= 0.6 is 11.3 Å². The van der Waals surface area contributed by atoms with Crippen molar-refractivity contribution in [2.75, 3.05) is 7.11 Å². The largest absolute Gasteiger partial charge is 0.467 e. The molecule has 0 unspecified atom stereocenters. The molecule has 2 heterocycles. The lowest BCUT2D eigenvalue weighted by Gasteiger charge is -2.13. The smallest absolute Gasteiger partial charge is 0.416 e. The molecule has 2 aromatic heterocycles. The van der Waals surface area contributed by atoms with Gasteiger partial charge >= 0.3 is 17.9 Å². The van der Waals surface area contributed by atoms with Crippen LogP contribution in [0, 0.1) is 0 Å². The van der Waals surface area contributed by atoms with Crippen LogP contribution in [0.2, 0.25) is 0 Å². The lowest BCUT2D eigenvalue weighted by molar-refractivity contribution is -0.137. The van der Waals surface area contributed by atoms with Gasteiger partial charge in [-0.15, -0.1) is 16.4 Å². The summed E-state index contributed by atoms with van der Waals surface area (Å²) < 4.78 is 46.1. The minimum absolute atomic E-state index is 0.0372. The molecule has 0 saturated heterocycles. The van der Waals surface area contributed by atoms with Crippen LogP contribution in [-0.4, -0.2) is 21.5 Å². The summed E-state index contributed by atoms with van der Waals surface area (Å²) in [5.41, 5.74) is 2.34. The van der Waals surface area contributed by atoms with E-state index in [0.717, 1.165) is 16.8 Å². The molecule has 29 heavy (non-hydrogen) atoms. The quantitative estimate of drug-likeness (QED) is 0.587. The fraction of sp³-hybridized carbons (Fsp3) is 0.222. The summed E-state index contributed by atoms with van der Waals surface area (Å²) in [5, 5.41) is 5.76. The minimum atomic E-state index is -4.45. The maximum Gasteiger partial charge on any atom is 0.416 e. The third-order valence-corrected chi connectivity index (χ3v) is 4.86. The SMILES string of the molecule is C=C(NOCc1sccc1-n1c(OC)nn(C)c1=O)c1cccc(C(F)(F)F)c1. The van der Waals surface area contributed by atoms with Crippen LogP contribution in [0.25, 0.3) is 11.4 Å². The van der Waals surface area contributed by atoms with Crippen LogP contribution in [-0.2, 0) is 24.7 Å². The number of ether oxygens (including phenoxy) is 1. The van der Waals surface area contributed by atoms with Crippen molar-refractivity contribution in [3.8, 4) is 11.7 Å². The van der Waals surface area contributed by atoms with Gasteiger partial charge in [0.05, 0.1) is 28.9 Å². The van der Waals surface area contributed by atoms with Gasteiger partial charge in [0.25, 0.3) is 0 Å². The van der Waals surface area contributed by atoms with Crippen molar-refractivity contribution in [2.24, 2.45) is 7.05 Å². The lowest BCUT2D eigenvalue weighted by atomic mass is 10.1. The van der Waals surface area contributed by atoms with Crippen molar-refractivity contribution in [3.63, 3.8) is 0 Å². The highest BCUT2D eigenvalue weighted by Crippen LogP contribution is 2.30. The first-order chi connectivity index (χ1) is 13.7. The lowest BCUT2D eigenvalue weighted by Crippen LogP contribution is -2.22. The Balaban J connectivity index is 1.71. The Morgan fingerprint density at radius 1 is 1.34 bits per heavy atom. The first-order valence-corrected chi connectivity index (χ1v) is 9.11. The minimum Gasteiger partial charge on any atom is -0.467 e. The van der Waals surface area contributed by atoms with E-state index in [9.17, 15) is 18.0 Å². The van der Waals surface area contributed by atoms with E-state index >= 15 is 0 Å². The molecular formula is C18H17F3N4O3S. The molecule has 0 saturated carbocycles. The molecule has 0 aliphatic rings. The number of rotatable bonds is 7. The topological polar surface area (TPSA) is 70.3 Å². The maximum absolute atomic E-state index is 12.8. The molecule has 0 aliphatic carbocycles. The standard InChI is InChI=1S/C18H17F3N4O3S/c1-11(12-5-4-6-13(9-12)18(19,20)21)23-28-10-15-14(7-8-29-15)25-16(27-3)22-24(2)17(25)26/h4-9,23H,1,10H2,2-3H3. The number of aryl methyl sites for hydroxylation is 1. The summed E-state index contributed by atoms with van der Waals surface area (Å²) in [6.07, 6.45) is -4.45. The Morgan fingerprint density at radius 3 is 2.79 bits per heavy atom. The summed E-state index contributed by atoms with van der Waals surface area (Å²) in [4.78, 5) is 18.4. The van der Waals surface area contributed by atoms with Crippen molar-refractivity contribution in [3.05, 3.63) is 68.8 Å². The zero-order valence-corrected chi connectivity index (χ0v) is 16.3.